The number of amides is 1. The van der Waals surface area contributed by atoms with E-state index in [4.69, 9.17) is 4.74 Å². The van der Waals surface area contributed by atoms with E-state index in [1.165, 1.54) is 11.3 Å². The number of nitrogens with zero attached hydrogens (tertiary/aromatic N) is 1. The predicted octanol–water partition coefficient (Wildman–Crippen LogP) is 1.81. The molecule has 5 nitrogen and oxygen atoms in total. The highest BCUT2D eigenvalue weighted by Gasteiger charge is 2.07. The number of carbonyl (C=O) groups is 2. The predicted molar refractivity (Wildman–Crippen MR) is 66.1 cm³/mol. The minimum Gasteiger partial charge on any atom is -0.466 e. The first-order valence-corrected chi connectivity index (χ1v) is 6.04. The van der Waals surface area contributed by atoms with Crippen LogP contribution in [0.25, 0.3) is 0 Å². The van der Waals surface area contributed by atoms with Crippen molar-refractivity contribution in [1.82, 2.24) is 5.43 Å². The summed E-state index contributed by atoms with van der Waals surface area (Å²) in [4.78, 5) is 23.2. The van der Waals surface area contributed by atoms with Crippen molar-refractivity contribution in [2.45, 2.75) is 20.3 Å². The fourth-order valence-corrected chi connectivity index (χ4v) is 1.68. The van der Waals surface area contributed by atoms with Crippen molar-refractivity contribution in [2.24, 2.45) is 5.10 Å². The average molecular weight is 254 g/mol. The van der Waals surface area contributed by atoms with Crippen LogP contribution in [-0.2, 0) is 9.53 Å². The van der Waals surface area contributed by atoms with E-state index in [9.17, 15) is 9.59 Å². The number of thiophene rings is 1. The second-order valence-electron chi connectivity index (χ2n) is 3.25. The molecule has 0 aliphatic carbocycles. The highest BCUT2D eigenvalue weighted by Crippen LogP contribution is 2.07. The molecule has 92 valence electrons. The van der Waals surface area contributed by atoms with Crippen LogP contribution in [0.3, 0.4) is 0 Å². The van der Waals surface area contributed by atoms with Gasteiger partial charge in [0.1, 0.15) is 0 Å². The molecule has 1 amide bonds. The molecular weight excluding hydrogens is 240 g/mol. The molecule has 0 aliphatic heterocycles. The molecule has 6 heteroatoms. The number of hydrogen-bond donors (Lipinski definition) is 1. The minimum atomic E-state index is -0.348. The molecule has 0 atom stereocenters. The summed E-state index contributed by atoms with van der Waals surface area (Å²) < 4.78 is 4.76. The average Bonchev–Trinajstić information content (AvgIpc) is 2.79. The number of hydrazone groups is 1. The summed E-state index contributed by atoms with van der Waals surface area (Å²) in [6.45, 7) is 3.74. The molecule has 0 saturated heterocycles. The van der Waals surface area contributed by atoms with Crippen LogP contribution in [0.5, 0.6) is 0 Å². The lowest BCUT2D eigenvalue weighted by Gasteiger charge is -2.01. The summed E-state index contributed by atoms with van der Waals surface area (Å²) in [6.07, 6.45) is 0.0819. The Hall–Kier alpha value is -1.69. The third kappa shape index (κ3) is 4.78. The normalized spacial score (nSPS) is 11.1. The number of carbonyl (C=O) groups excluding carboxylic acids is 2. The van der Waals surface area contributed by atoms with Crippen molar-refractivity contribution in [2.75, 3.05) is 6.61 Å². The molecule has 1 aromatic rings. The molecular formula is C11H14N2O3S. The van der Waals surface area contributed by atoms with Gasteiger partial charge in [-0.2, -0.15) is 5.10 Å². The number of nitrogens with one attached hydrogen (secondary N) is 1. The Kier molecular flexibility index (Phi) is 5.35. The third-order valence-electron chi connectivity index (χ3n) is 1.80. The standard InChI is InChI=1S/C11H14N2O3S/c1-3-16-10(14)7-8(2)12-13-11(15)9-5-4-6-17-9/h4-6H,3,7H2,1-2H3,(H,13,15). The molecule has 1 aromatic heterocycles. The molecule has 0 aromatic carbocycles. The zero-order valence-electron chi connectivity index (χ0n) is 9.73. The maximum Gasteiger partial charge on any atom is 0.311 e. The van der Waals surface area contributed by atoms with E-state index in [0.717, 1.165) is 0 Å². The summed E-state index contributed by atoms with van der Waals surface area (Å²) in [7, 11) is 0. The van der Waals surface area contributed by atoms with Crippen LogP contribution in [0, 0.1) is 0 Å². The van der Waals surface area contributed by atoms with Gasteiger partial charge >= 0.3 is 5.97 Å². The van der Waals surface area contributed by atoms with Gasteiger partial charge in [0.2, 0.25) is 0 Å². The van der Waals surface area contributed by atoms with Gasteiger partial charge in [-0.05, 0) is 25.3 Å². The van der Waals surface area contributed by atoms with Crippen LogP contribution < -0.4 is 5.43 Å². The molecule has 0 unspecified atom stereocenters. The zero-order valence-corrected chi connectivity index (χ0v) is 10.5. The van der Waals surface area contributed by atoms with Crippen LogP contribution in [0.15, 0.2) is 22.6 Å². The van der Waals surface area contributed by atoms with Crippen molar-refractivity contribution in [3.8, 4) is 0 Å². The molecule has 0 bridgehead atoms. The largest absolute Gasteiger partial charge is 0.466 e. The number of ether oxygens (including phenoxy) is 1. The highest BCUT2D eigenvalue weighted by molar-refractivity contribution is 7.12. The van der Waals surface area contributed by atoms with Crippen LogP contribution in [-0.4, -0.2) is 24.2 Å². The molecule has 17 heavy (non-hydrogen) atoms. The molecule has 1 heterocycles. The highest BCUT2D eigenvalue weighted by atomic mass is 32.1. The van der Waals surface area contributed by atoms with E-state index in [1.54, 1.807) is 26.0 Å². The fourth-order valence-electron chi connectivity index (χ4n) is 1.07. The van der Waals surface area contributed by atoms with E-state index in [2.05, 4.69) is 10.5 Å². The molecule has 0 saturated carbocycles. The molecule has 1 N–H and O–H groups in total. The number of rotatable bonds is 5. The monoisotopic (exact) mass is 254 g/mol. The summed E-state index contributed by atoms with van der Waals surface area (Å²) in [5, 5.41) is 5.63. The van der Waals surface area contributed by atoms with Gasteiger partial charge in [0.15, 0.2) is 0 Å². The van der Waals surface area contributed by atoms with E-state index >= 15 is 0 Å². The maximum atomic E-state index is 11.5. The van der Waals surface area contributed by atoms with Gasteiger partial charge in [0.05, 0.1) is 17.9 Å². The maximum absolute atomic E-state index is 11.5. The third-order valence-corrected chi connectivity index (χ3v) is 2.67. The lowest BCUT2D eigenvalue weighted by atomic mass is 10.3. The smallest absolute Gasteiger partial charge is 0.311 e. The Morgan fingerprint density at radius 1 is 1.53 bits per heavy atom. The van der Waals surface area contributed by atoms with Crippen molar-refractivity contribution in [3.63, 3.8) is 0 Å². The van der Waals surface area contributed by atoms with Gasteiger partial charge in [0.25, 0.3) is 5.91 Å². The Bertz CT molecular complexity index is 412. The SMILES string of the molecule is CCOC(=O)CC(C)=NNC(=O)c1cccs1. The Morgan fingerprint density at radius 3 is 2.88 bits per heavy atom. The van der Waals surface area contributed by atoms with Gasteiger partial charge < -0.3 is 4.74 Å². The molecule has 1 rings (SSSR count). The first kappa shape index (κ1) is 13.4. The van der Waals surface area contributed by atoms with Gasteiger partial charge in [0, 0.05) is 5.71 Å². The Balaban J connectivity index is 2.42. The minimum absolute atomic E-state index is 0.0819. The van der Waals surface area contributed by atoms with Crippen molar-refractivity contribution >= 4 is 28.9 Å². The fraction of sp³-hybridized carbons (Fsp3) is 0.364. The quantitative estimate of drug-likeness (QED) is 0.495. The van der Waals surface area contributed by atoms with E-state index in [0.29, 0.717) is 17.2 Å². The van der Waals surface area contributed by atoms with Gasteiger partial charge in [-0.15, -0.1) is 11.3 Å². The zero-order chi connectivity index (χ0) is 12.7. The van der Waals surface area contributed by atoms with E-state index in [-0.39, 0.29) is 18.3 Å². The summed E-state index contributed by atoms with van der Waals surface area (Å²) in [5.41, 5.74) is 2.89. The molecule has 0 fully saturated rings. The van der Waals surface area contributed by atoms with Crippen LogP contribution >= 0.6 is 11.3 Å². The first-order chi connectivity index (χ1) is 8.13. The van der Waals surface area contributed by atoms with Crippen LogP contribution in [0.4, 0.5) is 0 Å². The van der Waals surface area contributed by atoms with Crippen molar-refractivity contribution in [1.29, 1.82) is 0 Å². The second-order valence-corrected chi connectivity index (χ2v) is 4.19. The van der Waals surface area contributed by atoms with Gasteiger partial charge in [-0.25, -0.2) is 5.43 Å². The first-order valence-electron chi connectivity index (χ1n) is 5.16. The van der Waals surface area contributed by atoms with Crippen LogP contribution in [0.2, 0.25) is 0 Å². The summed E-state index contributed by atoms with van der Waals surface area (Å²) in [5.74, 6) is -0.623. The number of hydrogen-bond acceptors (Lipinski definition) is 5. The topological polar surface area (TPSA) is 67.8 Å². The second kappa shape index (κ2) is 6.80. The van der Waals surface area contributed by atoms with Crippen molar-refractivity contribution in [3.05, 3.63) is 22.4 Å². The molecule has 0 radical (unpaired) electrons. The van der Waals surface area contributed by atoms with Crippen molar-refractivity contribution < 1.29 is 14.3 Å². The molecule has 0 aliphatic rings. The van der Waals surface area contributed by atoms with Gasteiger partial charge in [-0.1, -0.05) is 6.07 Å². The molecule has 0 spiro atoms. The van der Waals surface area contributed by atoms with Gasteiger partial charge in [-0.3, -0.25) is 9.59 Å². The Labute approximate surface area is 103 Å². The summed E-state index contributed by atoms with van der Waals surface area (Å²) in [6, 6.07) is 3.49. The lowest BCUT2D eigenvalue weighted by Crippen LogP contribution is -2.19. The van der Waals surface area contributed by atoms with E-state index in [1.807, 2.05) is 5.38 Å². The summed E-state index contributed by atoms with van der Waals surface area (Å²) >= 11 is 1.33. The Morgan fingerprint density at radius 2 is 2.29 bits per heavy atom. The lowest BCUT2D eigenvalue weighted by molar-refractivity contribution is -0.141. The van der Waals surface area contributed by atoms with Crippen LogP contribution in [0.1, 0.15) is 29.9 Å². The number of esters is 1. The van der Waals surface area contributed by atoms with E-state index < -0.39 is 0 Å².